The molecule has 158 valence electrons. The number of carbonyl (C=O) groups excluding carboxylic acids is 2. The van der Waals surface area contributed by atoms with Crippen LogP contribution in [0.2, 0.25) is 0 Å². The van der Waals surface area contributed by atoms with Gasteiger partial charge in [0.25, 0.3) is 5.91 Å². The van der Waals surface area contributed by atoms with Gasteiger partial charge < -0.3 is 14.6 Å². The van der Waals surface area contributed by atoms with Crippen LogP contribution < -0.4 is 16.2 Å². The van der Waals surface area contributed by atoms with E-state index in [-0.39, 0.29) is 16.9 Å². The third-order valence-electron chi connectivity index (χ3n) is 4.81. The fourth-order valence-electron chi connectivity index (χ4n) is 3.39. The summed E-state index contributed by atoms with van der Waals surface area (Å²) in [5.41, 5.74) is 8.26. The maximum atomic E-state index is 12.6. The van der Waals surface area contributed by atoms with Crippen LogP contribution in [0.25, 0.3) is 6.08 Å². The van der Waals surface area contributed by atoms with E-state index in [0.717, 1.165) is 27.7 Å². The number of nitrogens with one attached hydrogen (secondary N) is 3. The van der Waals surface area contributed by atoms with Gasteiger partial charge in [-0.15, -0.1) is 0 Å². The molecule has 0 spiro atoms. The van der Waals surface area contributed by atoms with Gasteiger partial charge in [-0.3, -0.25) is 20.4 Å². The number of amides is 2. The second kappa shape index (κ2) is 9.90. The Morgan fingerprint density at radius 3 is 2.67 bits per heavy atom. The summed E-state index contributed by atoms with van der Waals surface area (Å²) in [6.45, 7) is 4.47. The molecule has 1 fully saturated rings. The van der Waals surface area contributed by atoms with Crippen LogP contribution in [0, 0.1) is 13.8 Å². The van der Waals surface area contributed by atoms with Gasteiger partial charge in [0.2, 0.25) is 5.91 Å². The summed E-state index contributed by atoms with van der Waals surface area (Å²) < 4.78 is 6.18. The van der Waals surface area contributed by atoms with Crippen molar-refractivity contribution in [2.75, 3.05) is 11.9 Å². The van der Waals surface area contributed by atoms with Crippen LogP contribution in [0.3, 0.4) is 0 Å². The third-order valence-corrected chi connectivity index (χ3v) is 5.47. The lowest BCUT2D eigenvalue weighted by molar-refractivity contribution is -0.135. The molecule has 0 radical (unpaired) electrons. The van der Waals surface area contributed by atoms with Gasteiger partial charge >= 0.3 is 0 Å². The molecule has 30 heavy (non-hydrogen) atoms. The number of halogens is 1. The number of likely N-dealkylation sites (tertiary alicyclic amines) is 1. The van der Waals surface area contributed by atoms with Gasteiger partial charge in [-0.2, -0.15) is 0 Å². The highest BCUT2D eigenvalue weighted by Gasteiger charge is 2.33. The van der Waals surface area contributed by atoms with E-state index in [1.54, 1.807) is 23.1 Å². The molecule has 7 nitrogen and oxygen atoms in total. The SMILES string of the molecule is Cc1cc(Br)cc(C)c1NC(=S)NNC(=O)C1CCCN1C(=O)C=Cc1ccco1. The first kappa shape index (κ1) is 22.0. The van der Waals surface area contributed by atoms with Crippen molar-refractivity contribution in [1.82, 2.24) is 15.8 Å². The quantitative estimate of drug-likeness (QED) is 0.344. The molecule has 0 aliphatic carbocycles. The topological polar surface area (TPSA) is 86.6 Å². The Bertz CT molecular complexity index is 952. The first-order valence-corrected chi connectivity index (χ1v) is 10.7. The molecule has 0 bridgehead atoms. The molecule has 3 rings (SSSR count). The molecule has 1 atom stereocenters. The molecule has 3 N–H and O–H groups in total. The first-order chi connectivity index (χ1) is 14.3. The molecule has 1 saturated heterocycles. The normalized spacial score (nSPS) is 16.0. The highest BCUT2D eigenvalue weighted by molar-refractivity contribution is 9.10. The molecule has 9 heteroatoms. The zero-order chi connectivity index (χ0) is 21.7. The Morgan fingerprint density at radius 1 is 1.27 bits per heavy atom. The number of aryl methyl sites for hydroxylation is 2. The van der Waals surface area contributed by atoms with E-state index in [1.165, 1.54) is 12.3 Å². The van der Waals surface area contributed by atoms with Gasteiger partial charge in [-0.1, -0.05) is 15.9 Å². The number of anilines is 1. The Kier molecular flexibility index (Phi) is 7.28. The van der Waals surface area contributed by atoms with E-state index in [4.69, 9.17) is 16.6 Å². The van der Waals surface area contributed by atoms with Gasteiger partial charge in [0.05, 0.1) is 6.26 Å². The fourth-order valence-corrected chi connectivity index (χ4v) is 4.23. The number of hydrogen-bond donors (Lipinski definition) is 3. The maximum Gasteiger partial charge on any atom is 0.261 e. The zero-order valence-corrected chi connectivity index (χ0v) is 19.1. The van der Waals surface area contributed by atoms with Crippen LogP contribution in [-0.2, 0) is 9.59 Å². The smallest absolute Gasteiger partial charge is 0.261 e. The van der Waals surface area contributed by atoms with E-state index >= 15 is 0 Å². The number of rotatable bonds is 4. The maximum absolute atomic E-state index is 12.6. The van der Waals surface area contributed by atoms with Crippen molar-refractivity contribution in [3.8, 4) is 0 Å². The van der Waals surface area contributed by atoms with Crippen LogP contribution in [0.4, 0.5) is 5.69 Å². The van der Waals surface area contributed by atoms with Crippen molar-refractivity contribution in [3.63, 3.8) is 0 Å². The highest BCUT2D eigenvalue weighted by Crippen LogP contribution is 2.25. The van der Waals surface area contributed by atoms with Crippen LogP contribution in [-0.4, -0.2) is 34.4 Å². The number of hydrogen-bond acceptors (Lipinski definition) is 4. The van der Waals surface area contributed by atoms with E-state index in [0.29, 0.717) is 18.7 Å². The molecule has 1 aromatic heterocycles. The van der Waals surface area contributed by atoms with Crippen LogP contribution in [0.1, 0.15) is 29.7 Å². The van der Waals surface area contributed by atoms with Crippen molar-refractivity contribution in [2.24, 2.45) is 0 Å². The summed E-state index contributed by atoms with van der Waals surface area (Å²) in [6, 6.07) is 6.91. The summed E-state index contributed by atoms with van der Waals surface area (Å²) >= 11 is 8.76. The van der Waals surface area contributed by atoms with E-state index in [2.05, 4.69) is 32.1 Å². The molecule has 2 amide bonds. The summed E-state index contributed by atoms with van der Waals surface area (Å²) in [7, 11) is 0. The predicted octanol–water partition coefficient (Wildman–Crippen LogP) is 3.68. The summed E-state index contributed by atoms with van der Waals surface area (Å²) in [4.78, 5) is 26.7. The lowest BCUT2D eigenvalue weighted by Gasteiger charge is -2.23. The second-order valence-corrected chi connectivity index (χ2v) is 8.35. The molecule has 1 aliphatic heterocycles. The van der Waals surface area contributed by atoms with Crippen molar-refractivity contribution in [2.45, 2.75) is 32.7 Å². The second-order valence-electron chi connectivity index (χ2n) is 7.02. The lowest BCUT2D eigenvalue weighted by Crippen LogP contribution is -2.52. The molecule has 2 heterocycles. The standard InChI is InChI=1S/C21H23BrN4O3S/c1-13-11-15(22)12-14(2)19(13)23-21(30)25-24-20(28)17-6-3-9-26(17)18(27)8-7-16-5-4-10-29-16/h4-5,7-8,10-12,17H,3,6,9H2,1-2H3,(H,24,28)(H2,23,25,30). The molecular formula is C21H23BrN4O3S. The minimum absolute atomic E-state index is 0.231. The largest absolute Gasteiger partial charge is 0.465 e. The number of thiocarbonyl (C=S) groups is 1. The summed E-state index contributed by atoms with van der Waals surface area (Å²) in [5.74, 6) is 0.0479. The van der Waals surface area contributed by atoms with Crippen molar-refractivity contribution >= 4 is 56.8 Å². The number of carbonyl (C=O) groups is 2. The number of furan rings is 1. The highest BCUT2D eigenvalue weighted by atomic mass is 79.9. The van der Waals surface area contributed by atoms with Gasteiger partial charge in [0.15, 0.2) is 5.11 Å². The van der Waals surface area contributed by atoms with E-state index < -0.39 is 6.04 Å². The van der Waals surface area contributed by atoms with Crippen LogP contribution in [0.15, 0.2) is 45.5 Å². The van der Waals surface area contributed by atoms with Crippen molar-refractivity contribution in [1.29, 1.82) is 0 Å². The van der Waals surface area contributed by atoms with Crippen LogP contribution in [0.5, 0.6) is 0 Å². The van der Waals surface area contributed by atoms with Crippen molar-refractivity contribution in [3.05, 3.63) is 58.0 Å². The molecule has 1 aliphatic rings. The summed E-state index contributed by atoms with van der Waals surface area (Å²) in [5, 5.41) is 3.37. The predicted molar refractivity (Wildman–Crippen MR) is 124 cm³/mol. The van der Waals surface area contributed by atoms with E-state index in [1.807, 2.05) is 26.0 Å². The van der Waals surface area contributed by atoms with Crippen LogP contribution >= 0.6 is 28.1 Å². The Balaban J connectivity index is 1.54. The summed E-state index contributed by atoms with van der Waals surface area (Å²) in [6.07, 6.45) is 5.91. The van der Waals surface area contributed by atoms with Crippen molar-refractivity contribution < 1.29 is 14.0 Å². The van der Waals surface area contributed by atoms with Gasteiger partial charge in [-0.05, 0) is 80.4 Å². The molecular weight excluding hydrogens is 468 g/mol. The van der Waals surface area contributed by atoms with Gasteiger partial charge in [0, 0.05) is 22.8 Å². The fraction of sp³-hybridized carbons (Fsp3) is 0.286. The van der Waals surface area contributed by atoms with Gasteiger partial charge in [0.1, 0.15) is 11.8 Å². The molecule has 1 aromatic carbocycles. The lowest BCUT2D eigenvalue weighted by atomic mass is 10.1. The number of nitrogens with zero attached hydrogens (tertiary/aromatic N) is 1. The molecule has 2 aromatic rings. The monoisotopic (exact) mass is 490 g/mol. The zero-order valence-electron chi connectivity index (χ0n) is 16.7. The average molecular weight is 491 g/mol. The minimum Gasteiger partial charge on any atom is -0.465 e. The number of benzene rings is 1. The third kappa shape index (κ3) is 5.48. The van der Waals surface area contributed by atoms with Gasteiger partial charge in [-0.25, -0.2) is 0 Å². The average Bonchev–Trinajstić information content (AvgIpc) is 3.39. The molecule has 1 unspecified atom stereocenters. The Morgan fingerprint density at radius 2 is 2.00 bits per heavy atom. The molecule has 0 saturated carbocycles. The Labute approximate surface area is 189 Å². The Hall–Kier alpha value is -2.65. The first-order valence-electron chi connectivity index (χ1n) is 9.51. The number of hydrazine groups is 1. The van der Waals surface area contributed by atoms with E-state index in [9.17, 15) is 9.59 Å². The minimum atomic E-state index is -0.551.